The van der Waals surface area contributed by atoms with Gasteiger partial charge in [0.05, 0.1) is 37.5 Å². The van der Waals surface area contributed by atoms with Crippen molar-refractivity contribution in [1.82, 2.24) is 19.4 Å². The van der Waals surface area contributed by atoms with Gasteiger partial charge in [-0.2, -0.15) is 0 Å². The summed E-state index contributed by atoms with van der Waals surface area (Å²) in [5.41, 5.74) is 2.13. The summed E-state index contributed by atoms with van der Waals surface area (Å²) in [6.07, 6.45) is 9.10. The summed E-state index contributed by atoms with van der Waals surface area (Å²) in [4.78, 5) is 23.5. The maximum absolute atomic E-state index is 12.7. The third-order valence-electron chi connectivity index (χ3n) is 5.99. The summed E-state index contributed by atoms with van der Waals surface area (Å²) >= 11 is 0. The number of fused-ring (bicyclic) bond motifs is 5. The molecule has 0 spiro atoms. The second kappa shape index (κ2) is 7.57. The highest BCUT2D eigenvalue weighted by atomic mass is 16.5. The first-order valence-corrected chi connectivity index (χ1v) is 10.2. The Labute approximate surface area is 169 Å². The molecule has 0 radical (unpaired) electrons. The van der Waals surface area contributed by atoms with Crippen LogP contribution in [0, 0.1) is 0 Å². The summed E-state index contributed by atoms with van der Waals surface area (Å²) in [6, 6.07) is 8.50. The van der Waals surface area contributed by atoms with Crippen molar-refractivity contribution in [2.45, 2.75) is 31.4 Å². The van der Waals surface area contributed by atoms with E-state index in [9.17, 15) is 4.79 Å². The van der Waals surface area contributed by atoms with Gasteiger partial charge in [0.25, 0.3) is 0 Å². The molecular formula is C22H25N5O2. The molecule has 3 aromatic rings. The van der Waals surface area contributed by atoms with E-state index in [2.05, 4.69) is 32.3 Å². The first-order valence-electron chi connectivity index (χ1n) is 10.2. The van der Waals surface area contributed by atoms with E-state index >= 15 is 0 Å². The molecule has 6 rings (SSSR count). The lowest BCUT2D eigenvalue weighted by Crippen LogP contribution is -2.50. The molecule has 3 fully saturated rings. The molecule has 2 atom stereocenters. The fourth-order valence-electron chi connectivity index (χ4n) is 4.40. The number of rotatable bonds is 4. The monoisotopic (exact) mass is 391 g/mol. The van der Waals surface area contributed by atoms with Crippen molar-refractivity contribution in [3.05, 3.63) is 43.0 Å². The maximum atomic E-state index is 12.7. The van der Waals surface area contributed by atoms with Crippen LogP contribution < -0.4 is 5.32 Å². The molecule has 3 aliphatic rings. The molecule has 7 nitrogen and oxygen atoms in total. The van der Waals surface area contributed by atoms with Gasteiger partial charge in [-0.1, -0.05) is 12.1 Å². The highest BCUT2D eigenvalue weighted by Crippen LogP contribution is 2.26. The zero-order valence-corrected chi connectivity index (χ0v) is 16.5. The lowest BCUT2D eigenvalue weighted by Gasteiger charge is -2.36. The van der Waals surface area contributed by atoms with Crippen molar-refractivity contribution >= 4 is 22.5 Å². The molecule has 0 saturated carbocycles. The number of ether oxygens (including phenoxy) is 1. The normalized spacial score (nSPS) is 22.0. The number of anilines is 1. The SMILES string of the molecule is Cn1cncc1-c1ccc2cnc(NC(=O)CN3C[C@H]4CCC[C@@H]3CO4)cc2c1. The molecule has 7 heteroatoms. The van der Waals surface area contributed by atoms with Crippen LogP contribution in [0.25, 0.3) is 22.0 Å². The van der Waals surface area contributed by atoms with Crippen molar-refractivity contribution in [2.75, 3.05) is 25.0 Å². The predicted molar refractivity (Wildman–Crippen MR) is 112 cm³/mol. The quantitative estimate of drug-likeness (QED) is 0.740. The van der Waals surface area contributed by atoms with Gasteiger partial charge in [0.1, 0.15) is 5.82 Å². The second-order valence-electron chi connectivity index (χ2n) is 8.04. The van der Waals surface area contributed by atoms with E-state index in [0.717, 1.165) is 48.0 Å². The van der Waals surface area contributed by atoms with Crippen LogP contribution in [-0.2, 0) is 16.6 Å². The molecule has 1 N–H and O–H groups in total. The van der Waals surface area contributed by atoms with Gasteiger partial charge in [0, 0.05) is 36.8 Å². The number of aromatic nitrogens is 3. The number of hydrogen-bond acceptors (Lipinski definition) is 5. The Bertz CT molecular complexity index is 1040. The van der Waals surface area contributed by atoms with Crippen LogP contribution in [0.15, 0.2) is 43.0 Å². The minimum Gasteiger partial charge on any atom is -0.375 e. The highest BCUT2D eigenvalue weighted by molar-refractivity contribution is 5.94. The molecule has 29 heavy (non-hydrogen) atoms. The van der Waals surface area contributed by atoms with E-state index < -0.39 is 0 Å². The molecule has 1 amide bonds. The Hall–Kier alpha value is -2.77. The zero-order chi connectivity index (χ0) is 19.8. The fraction of sp³-hybridized carbons (Fsp3) is 0.409. The average molecular weight is 391 g/mol. The van der Waals surface area contributed by atoms with Crippen LogP contribution in [0.4, 0.5) is 5.82 Å². The number of carbonyl (C=O) groups excluding carboxylic acids is 1. The Morgan fingerprint density at radius 3 is 3.03 bits per heavy atom. The van der Waals surface area contributed by atoms with Crippen LogP contribution in [0.3, 0.4) is 0 Å². The van der Waals surface area contributed by atoms with Crippen molar-refractivity contribution < 1.29 is 9.53 Å². The van der Waals surface area contributed by atoms with Crippen molar-refractivity contribution in [3.63, 3.8) is 0 Å². The number of benzene rings is 1. The summed E-state index contributed by atoms with van der Waals surface area (Å²) < 4.78 is 7.83. The van der Waals surface area contributed by atoms with Gasteiger partial charge in [0.2, 0.25) is 5.91 Å². The van der Waals surface area contributed by atoms with Gasteiger partial charge in [-0.15, -0.1) is 0 Å². The number of aryl methyl sites for hydroxylation is 1. The summed E-state index contributed by atoms with van der Waals surface area (Å²) in [7, 11) is 1.98. The van der Waals surface area contributed by atoms with Crippen LogP contribution in [0.2, 0.25) is 0 Å². The average Bonchev–Trinajstić information content (AvgIpc) is 2.91. The molecular weight excluding hydrogens is 366 g/mol. The van der Waals surface area contributed by atoms with Crippen molar-refractivity contribution in [2.24, 2.45) is 7.05 Å². The molecule has 2 aromatic heterocycles. The number of hydrogen-bond donors (Lipinski definition) is 1. The summed E-state index contributed by atoms with van der Waals surface area (Å²) in [6.45, 7) is 1.97. The van der Waals surface area contributed by atoms with Gasteiger partial charge >= 0.3 is 0 Å². The minimum atomic E-state index is -0.0211. The van der Waals surface area contributed by atoms with Crippen LogP contribution in [0.1, 0.15) is 19.3 Å². The Morgan fingerprint density at radius 1 is 1.24 bits per heavy atom. The van der Waals surface area contributed by atoms with E-state index in [1.165, 1.54) is 6.42 Å². The van der Waals surface area contributed by atoms with E-state index in [0.29, 0.717) is 18.4 Å². The number of amides is 1. The summed E-state index contributed by atoms with van der Waals surface area (Å²) in [5, 5.41) is 5.05. The Morgan fingerprint density at radius 2 is 2.17 bits per heavy atom. The van der Waals surface area contributed by atoms with Gasteiger partial charge < -0.3 is 14.6 Å². The first kappa shape index (κ1) is 18.3. The molecule has 3 aliphatic heterocycles. The third-order valence-corrected chi connectivity index (χ3v) is 5.99. The molecule has 0 aliphatic carbocycles. The molecule has 150 valence electrons. The number of imidazole rings is 1. The largest absolute Gasteiger partial charge is 0.375 e. The molecule has 5 heterocycles. The van der Waals surface area contributed by atoms with Gasteiger partial charge in [-0.25, -0.2) is 9.97 Å². The predicted octanol–water partition coefficient (Wildman–Crippen LogP) is 2.83. The minimum absolute atomic E-state index is 0.0211. The number of carbonyl (C=O) groups is 1. The van der Waals surface area contributed by atoms with Crippen molar-refractivity contribution in [1.29, 1.82) is 0 Å². The van der Waals surface area contributed by atoms with Gasteiger partial charge in [-0.3, -0.25) is 9.69 Å². The van der Waals surface area contributed by atoms with Gasteiger partial charge in [0.15, 0.2) is 0 Å². The molecule has 1 aromatic carbocycles. The number of nitrogens with zero attached hydrogens (tertiary/aromatic N) is 4. The topological polar surface area (TPSA) is 72.3 Å². The lowest BCUT2D eigenvalue weighted by atomic mass is 10.1. The maximum Gasteiger partial charge on any atom is 0.239 e. The van der Waals surface area contributed by atoms with Crippen LogP contribution in [-0.4, -0.2) is 57.2 Å². The number of pyridine rings is 1. The van der Waals surface area contributed by atoms with Gasteiger partial charge in [-0.05, 0) is 36.8 Å². The van der Waals surface area contributed by atoms with E-state index in [1.54, 1.807) is 12.5 Å². The summed E-state index contributed by atoms with van der Waals surface area (Å²) in [5.74, 6) is 0.563. The fourth-order valence-corrected chi connectivity index (χ4v) is 4.40. The highest BCUT2D eigenvalue weighted by Gasteiger charge is 2.32. The zero-order valence-electron chi connectivity index (χ0n) is 16.5. The first-order chi connectivity index (χ1) is 14.2. The smallest absolute Gasteiger partial charge is 0.239 e. The molecule has 3 saturated heterocycles. The van der Waals surface area contributed by atoms with E-state index in [4.69, 9.17) is 4.74 Å². The standard InChI is InChI=1S/C22H25N5O2/c1-26-14-23-10-20(26)15-5-6-16-9-24-21(8-17(16)7-15)25-22(28)12-27-11-19-4-2-3-18(27)13-29-19/h5-10,14,18-19H,2-4,11-13H2,1H3,(H,24,25,28)/t18-,19-/m1/s1. The van der Waals surface area contributed by atoms with Crippen LogP contribution in [0.5, 0.6) is 0 Å². The van der Waals surface area contributed by atoms with Crippen LogP contribution >= 0.6 is 0 Å². The third kappa shape index (κ3) is 3.75. The lowest BCUT2D eigenvalue weighted by molar-refractivity contribution is -0.121. The van der Waals surface area contributed by atoms with E-state index in [-0.39, 0.29) is 12.0 Å². The Kier molecular flexibility index (Phi) is 4.77. The van der Waals surface area contributed by atoms with Crippen molar-refractivity contribution in [3.8, 4) is 11.3 Å². The number of morpholine rings is 1. The molecule has 0 unspecified atom stereocenters. The molecule has 2 bridgehead atoms. The Balaban J connectivity index is 1.32. The number of nitrogens with one attached hydrogen (secondary N) is 1. The second-order valence-corrected chi connectivity index (χ2v) is 8.04. The van der Waals surface area contributed by atoms with E-state index in [1.807, 2.05) is 29.9 Å².